The number of rotatable bonds is 6. The number of nitrogens with one attached hydrogen (secondary N) is 1. The molecule has 0 saturated heterocycles. The molecule has 0 rings (SSSR count). The summed E-state index contributed by atoms with van der Waals surface area (Å²) in [5.74, 6) is -2.05. The van der Waals surface area contributed by atoms with E-state index in [9.17, 15) is 14.4 Å². The summed E-state index contributed by atoms with van der Waals surface area (Å²) in [6.45, 7) is 3.39. The first-order valence-corrected chi connectivity index (χ1v) is 4.65. The maximum absolute atomic E-state index is 11.1. The van der Waals surface area contributed by atoms with Crippen LogP contribution in [0.1, 0.15) is 26.7 Å². The van der Waals surface area contributed by atoms with Crippen LogP contribution in [-0.2, 0) is 19.1 Å². The third kappa shape index (κ3) is 6.48. The third-order valence-electron chi connectivity index (χ3n) is 1.58. The normalized spacial score (nSPS) is 11.6. The molecule has 0 radical (unpaired) electrons. The van der Waals surface area contributed by atoms with E-state index in [1.54, 1.807) is 6.92 Å². The quantitative estimate of drug-likeness (QED) is 0.607. The molecule has 1 amide bonds. The fourth-order valence-electron chi connectivity index (χ4n) is 0.860. The van der Waals surface area contributed by atoms with Gasteiger partial charge in [0.05, 0.1) is 13.0 Å². The molecule has 0 aromatic carbocycles. The van der Waals surface area contributed by atoms with Gasteiger partial charge in [0.15, 0.2) is 0 Å². The number of esters is 1. The molecule has 2 N–H and O–H groups in total. The maximum Gasteiger partial charge on any atom is 0.328 e. The molecular weight excluding hydrogens is 202 g/mol. The number of carbonyl (C=O) groups is 3. The number of carbonyl (C=O) groups excluding carboxylic acids is 2. The number of carboxylic acid groups (broad SMARTS) is 1. The molecule has 6 nitrogen and oxygen atoms in total. The van der Waals surface area contributed by atoms with E-state index in [0.29, 0.717) is 0 Å². The first kappa shape index (κ1) is 13.4. The van der Waals surface area contributed by atoms with Gasteiger partial charge >= 0.3 is 11.9 Å². The van der Waals surface area contributed by atoms with E-state index >= 15 is 0 Å². The van der Waals surface area contributed by atoms with Crippen molar-refractivity contribution >= 4 is 17.8 Å². The first-order valence-electron chi connectivity index (χ1n) is 4.65. The molecule has 1 atom stereocenters. The average Bonchev–Trinajstić information content (AvgIpc) is 2.15. The Morgan fingerprint density at radius 1 is 1.33 bits per heavy atom. The van der Waals surface area contributed by atoms with Crippen LogP contribution in [0, 0.1) is 0 Å². The maximum atomic E-state index is 11.1. The number of hydrogen-bond donors (Lipinski definition) is 2. The fraction of sp³-hybridized carbons (Fsp3) is 0.667. The molecule has 86 valence electrons. The zero-order chi connectivity index (χ0) is 11.8. The van der Waals surface area contributed by atoms with Gasteiger partial charge in [0, 0.05) is 6.42 Å². The number of carboxylic acids is 1. The highest BCUT2D eigenvalue weighted by Gasteiger charge is 2.16. The van der Waals surface area contributed by atoms with E-state index in [1.807, 2.05) is 0 Å². The minimum absolute atomic E-state index is 0.140. The fourth-order valence-corrected chi connectivity index (χ4v) is 0.860. The summed E-state index contributed by atoms with van der Waals surface area (Å²) < 4.78 is 4.66. The van der Waals surface area contributed by atoms with E-state index in [0.717, 1.165) is 0 Å². The average molecular weight is 217 g/mol. The van der Waals surface area contributed by atoms with Gasteiger partial charge in [0.25, 0.3) is 0 Å². The second-order valence-corrected chi connectivity index (χ2v) is 2.93. The van der Waals surface area contributed by atoms with Gasteiger partial charge in [-0.1, -0.05) is 0 Å². The van der Waals surface area contributed by atoms with Gasteiger partial charge < -0.3 is 15.2 Å². The Morgan fingerprint density at radius 3 is 2.40 bits per heavy atom. The molecular formula is C9H15NO5. The van der Waals surface area contributed by atoms with E-state index in [1.165, 1.54) is 6.92 Å². The lowest BCUT2D eigenvalue weighted by Gasteiger charge is -2.11. The van der Waals surface area contributed by atoms with Crippen LogP contribution in [0.4, 0.5) is 0 Å². The predicted octanol–water partition coefficient (Wildman–Crippen LogP) is -0.0810. The molecule has 0 aliphatic heterocycles. The minimum atomic E-state index is -1.05. The van der Waals surface area contributed by atoms with Crippen LogP contribution in [0.15, 0.2) is 0 Å². The third-order valence-corrected chi connectivity index (χ3v) is 1.58. The lowest BCUT2D eigenvalue weighted by atomic mass is 10.2. The monoisotopic (exact) mass is 217 g/mol. The van der Waals surface area contributed by atoms with Crippen LogP contribution in [-0.4, -0.2) is 35.6 Å². The lowest BCUT2D eigenvalue weighted by molar-refractivity contribution is -0.146. The Balaban J connectivity index is 3.85. The molecule has 0 saturated carbocycles. The molecule has 0 heterocycles. The van der Waals surface area contributed by atoms with Gasteiger partial charge in [-0.15, -0.1) is 0 Å². The second-order valence-electron chi connectivity index (χ2n) is 2.93. The van der Waals surface area contributed by atoms with E-state index < -0.39 is 23.9 Å². The molecule has 0 spiro atoms. The Labute approximate surface area is 87.6 Å². The highest BCUT2D eigenvalue weighted by atomic mass is 16.5. The summed E-state index contributed by atoms with van der Waals surface area (Å²) in [6, 6.07) is -0.744. The van der Waals surface area contributed by atoms with E-state index in [-0.39, 0.29) is 19.4 Å². The van der Waals surface area contributed by atoms with Crippen LogP contribution in [0.5, 0.6) is 0 Å². The highest BCUT2D eigenvalue weighted by molar-refractivity contribution is 5.85. The molecule has 15 heavy (non-hydrogen) atoms. The van der Waals surface area contributed by atoms with Crippen molar-refractivity contribution in [3.8, 4) is 0 Å². The van der Waals surface area contributed by atoms with Crippen molar-refractivity contribution in [3.05, 3.63) is 0 Å². The zero-order valence-corrected chi connectivity index (χ0v) is 8.78. The molecule has 0 aliphatic rings. The van der Waals surface area contributed by atoms with Crippen molar-refractivity contribution in [2.75, 3.05) is 6.61 Å². The van der Waals surface area contributed by atoms with Gasteiger partial charge in [-0.25, -0.2) is 4.79 Å². The summed E-state index contributed by atoms with van der Waals surface area (Å²) in [4.78, 5) is 32.3. The van der Waals surface area contributed by atoms with Crippen LogP contribution >= 0.6 is 0 Å². The summed E-state index contributed by atoms with van der Waals surface area (Å²) in [6.07, 6.45) is -0.388. The largest absolute Gasteiger partial charge is 0.481 e. The zero-order valence-electron chi connectivity index (χ0n) is 8.78. The van der Waals surface area contributed by atoms with Crippen LogP contribution in [0.2, 0.25) is 0 Å². The van der Waals surface area contributed by atoms with Gasteiger partial charge in [0.2, 0.25) is 5.91 Å². The highest BCUT2D eigenvalue weighted by Crippen LogP contribution is 1.93. The summed E-state index contributed by atoms with van der Waals surface area (Å²) in [7, 11) is 0. The topological polar surface area (TPSA) is 92.7 Å². The van der Waals surface area contributed by atoms with Crippen LogP contribution < -0.4 is 5.32 Å². The smallest absolute Gasteiger partial charge is 0.328 e. The summed E-state index contributed by atoms with van der Waals surface area (Å²) >= 11 is 0. The predicted molar refractivity (Wildman–Crippen MR) is 51.1 cm³/mol. The van der Waals surface area contributed by atoms with Crippen molar-refractivity contribution in [1.82, 2.24) is 5.32 Å². The van der Waals surface area contributed by atoms with Crippen LogP contribution in [0.25, 0.3) is 0 Å². The number of hydrogen-bond acceptors (Lipinski definition) is 4. The molecule has 0 fully saturated rings. The molecule has 1 unspecified atom stereocenters. The Kier molecular flexibility index (Phi) is 6.08. The molecule has 0 bridgehead atoms. The Hall–Kier alpha value is -1.59. The number of ether oxygens (including phenoxy) is 1. The lowest BCUT2D eigenvalue weighted by Crippen LogP contribution is -2.39. The summed E-state index contributed by atoms with van der Waals surface area (Å²) in [5, 5.41) is 10.7. The van der Waals surface area contributed by atoms with Crippen LogP contribution in [0.3, 0.4) is 0 Å². The SMILES string of the molecule is CCOC(=O)C(C)NC(=O)CCC(=O)O. The van der Waals surface area contributed by atoms with Gasteiger partial charge in [-0.3, -0.25) is 9.59 Å². The molecule has 0 aromatic heterocycles. The van der Waals surface area contributed by atoms with Crippen molar-refractivity contribution in [3.63, 3.8) is 0 Å². The Bertz CT molecular complexity index is 251. The second kappa shape index (κ2) is 6.80. The molecule has 6 heteroatoms. The van der Waals surface area contributed by atoms with Gasteiger partial charge in [-0.05, 0) is 13.8 Å². The van der Waals surface area contributed by atoms with Crippen molar-refractivity contribution in [1.29, 1.82) is 0 Å². The van der Waals surface area contributed by atoms with Crippen molar-refractivity contribution < 1.29 is 24.2 Å². The van der Waals surface area contributed by atoms with Gasteiger partial charge in [-0.2, -0.15) is 0 Å². The molecule has 0 aliphatic carbocycles. The van der Waals surface area contributed by atoms with E-state index in [2.05, 4.69) is 10.1 Å². The van der Waals surface area contributed by atoms with Crippen molar-refractivity contribution in [2.45, 2.75) is 32.7 Å². The minimum Gasteiger partial charge on any atom is -0.481 e. The number of aliphatic carboxylic acids is 1. The van der Waals surface area contributed by atoms with E-state index in [4.69, 9.17) is 5.11 Å². The van der Waals surface area contributed by atoms with Crippen molar-refractivity contribution in [2.24, 2.45) is 0 Å². The van der Waals surface area contributed by atoms with Gasteiger partial charge in [0.1, 0.15) is 6.04 Å². The first-order chi connectivity index (χ1) is 6.97. The standard InChI is InChI=1S/C9H15NO5/c1-3-15-9(14)6(2)10-7(11)4-5-8(12)13/h6H,3-5H2,1-2H3,(H,10,11)(H,12,13). The Morgan fingerprint density at radius 2 is 1.93 bits per heavy atom. The molecule has 0 aromatic rings. The number of amides is 1. The summed E-state index contributed by atoms with van der Waals surface area (Å²) in [5.41, 5.74) is 0.